The van der Waals surface area contributed by atoms with Crippen molar-refractivity contribution >= 4 is 23.5 Å². The van der Waals surface area contributed by atoms with Gasteiger partial charge in [-0.25, -0.2) is 4.79 Å². The first-order chi connectivity index (χ1) is 9.28. The number of amides is 1. The number of carbonyl (C=O) groups is 2. The Morgan fingerprint density at radius 1 is 1.45 bits per heavy atom. The molecule has 0 aliphatic heterocycles. The monoisotopic (exact) mass is 299 g/mol. The van der Waals surface area contributed by atoms with Crippen LogP contribution in [-0.4, -0.2) is 36.7 Å². The van der Waals surface area contributed by atoms with E-state index >= 15 is 0 Å². The van der Waals surface area contributed by atoms with Crippen LogP contribution >= 0.6 is 11.6 Å². The first kappa shape index (κ1) is 16.5. The molecular formula is C14H18ClNO4. The molecule has 0 bridgehead atoms. The van der Waals surface area contributed by atoms with Crippen LogP contribution in [0.2, 0.25) is 5.02 Å². The van der Waals surface area contributed by atoms with Gasteiger partial charge in [-0.2, -0.15) is 0 Å². The number of carboxylic acid groups (broad SMARTS) is 1. The molecule has 1 atom stereocenters. The van der Waals surface area contributed by atoms with E-state index in [1.807, 2.05) is 0 Å². The Kier molecular flexibility index (Phi) is 5.53. The quantitative estimate of drug-likeness (QED) is 0.840. The fourth-order valence-corrected chi connectivity index (χ4v) is 1.88. The SMILES string of the molecule is COC(CNC(=O)C(C)(C)c1cccc(Cl)c1)C(=O)O. The predicted molar refractivity (Wildman–Crippen MR) is 75.9 cm³/mol. The molecule has 1 aromatic carbocycles. The van der Waals surface area contributed by atoms with Gasteiger partial charge in [0, 0.05) is 12.1 Å². The molecule has 0 saturated carbocycles. The molecular weight excluding hydrogens is 282 g/mol. The van der Waals surface area contributed by atoms with Crippen molar-refractivity contribution in [1.29, 1.82) is 0 Å². The zero-order valence-corrected chi connectivity index (χ0v) is 12.4. The largest absolute Gasteiger partial charge is 0.479 e. The summed E-state index contributed by atoms with van der Waals surface area (Å²) in [4.78, 5) is 23.0. The second-order valence-electron chi connectivity index (χ2n) is 4.91. The molecule has 0 spiro atoms. The van der Waals surface area contributed by atoms with Gasteiger partial charge in [0.25, 0.3) is 0 Å². The highest BCUT2D eigenvalue weighted by atomic mass is 35.5. The molecule has 110 valence electrons. The van der Waals surface area contributed by atoms with E-state index in [1.165, 1.54) is 7.11 Å². The average Bonchev–Trinajstić information content (AvgIpc) is 2.38. The second-order valence-corrected chi connectivity index (χ2v) is 5.34. The minimum absolute atomic E-state index is 0.0886. The van der Waals surface area contributed by atoms with Crippen LogP contribution in [0.15, 0.2) is 24.3 Å². The molecule has 0 aliphatic carbocycles. The number of halogens is 1. The van der Waals surface area contributed by atoms with Gasteiger partial charge in [0.15, 0.2) is 6.10 Å². The van der Waals surface area contributed by atoms with Crippen molar-refractivity contribution in [1.82, 2.24) is 5.32 Å². The highest BCUT2D eigenvalue weighted by Gasteiger charge is 2.30. The van der Waals surface area contributed by atoms with E-state index < -0.39 is 17.5 Å². The van der Waals surface area contributed by atoms with E-state index in [2.05, 4.69) is 5.32 Å². The van der Waals surface area contributed by atoms with Crippen molar-refractivity contribution in [2.75, 3.05) is 13.7 Å². The van der Waals surface area contributed by atoms with Gasteiger partial charge in [0.05, 0.1) is 12.0 Å². The van der Waals surface area contributed by atoms with Crippen LogP contribution in [0, 0.1) is 0 Å². The minimum atomic E-state index is -1.12. The van der Waals surface area contributed by atoms with Crippen molar-refractivity contribution < 1.29 is 19.4 Å². The molecule has 6 heteroatoms. The van der Waals surface area contributed by atoms with Crippen molar-refractivity contribution in [3.63, 3.8) is 0 Å². The summed E-state index contributed by atoms with van der Waals surface area (Å²) in [5, 5.41) is 12.0. The van der Waals surface area contributed by atoms with Crippen molar-refractivity contribution in [3.05, 3.63) is 34.9 Å². The van der Waals surface area contributed by atoms with Crippen LogP contribution < -0.4 is 5.32 Å². The van der Waals surface area contributed by atoms with Crippen LogP contribution in [0.4, 0.5) is 0 Å². The molecule has 1 rings (SSSR count). The Labute approximate surface area is 122 Å². The molecule has 0 radical (unpaired) electrons. The van der Waals surface area contributed by atoms with Gasteiger partial charge in [-0.1, -0.05) is 23.7 Å². The molecule has 0 aromatic heterocycles. The Morgan fingerprint density at radius 3 is 2.60 bits per heavy atom. The molecule has 1 amide bonds. The Bertz CT molecular complexity index is 502. The van der Waals surface area contributed by atoms with Gasteiger partial charge < -0.3 is 15.2 Å². The highest BCUT2D eigenvalue weighted by molar-refractivity contribution is 6.30. The lowest BCUT2D eigenvalue weighted by molar-refractivity contribution is -0.148. The first-order valence-electron chi connectivity index (χ1n) is 6.09. The second kappa shape index (κ2) is 6.72. The number of carbonyl (C=O) groups excluding carboxylic acids is 1. The maximum absolute atomic E-state index is 12.2. The number of methoxy groups -OCH3 is 1. The number of benzene rings is 1. The van der Waals surface area contributed by atoms with E-state index in [0.29, 0.717) is 5.02 Å². The first-order valence-corrected chi connectivity index (χ1v) is 6.46. The zero-order valence-electron chi connectivity index (χ0n) is 11.6. The fraction of sp³-hybridized carbons (Fsp3) is 0.429. The van der Waals surface area contributed by atoms with E-state index in [0.717, 1.165) is 5.56 Å². The Morgan fingerprint density at radius 2 is 2.10 bits per heavy atom. The molecule has 0 fully saturated rings. The topological polar surface area (TPSA) is 75.6 Å². The van der Waals surface area contributed by atoms with E-state index in [-0.39, 0.29) is 12.5 Å². The van der Waals surface area contributed by atoms with E-state index in [1.54, 1.807) is 38.1 Å². The summed E-state index contributed by atoms with van der Waals surface area (Å²) in [5.74, 6) is -1.41. The molecule has 1 unspecified atom stereocenters. The summed E-state index contributed by atoms with van der Waals surface area (Å²) in [7, 11) is 1.28. The summed E-state index contributed by atoms with van der Waals surface area (Å²) >= 11 is 5.92. The Balaban J connectivity index is 2.77. The molecule has 0 heterocycles. The van der Waals surface area contributed by atoms with Crippen molar-refractivity contribution in [2.45, 2.75) is 25.4 Å². The Hall–Kier alpha value is -1.59. The third-order valence-electron chi connectivity index (χ3n) is 3.12. The lowest BCUT2D eigenvalue weighted by Crippen LogP contribution is -2.45. The van der Waals surface area contributed by atoms with Gasteiger partial charge in [0.2, 0.25) is 5.91 Å². The van der Waals surface area contributed by atoms with Crippen LogP contribution in [0.25, 0.3) is 0 Å². The summed E-state index contributed by atoms with van der Waals surface area (Å²) < 4.78 is 4.76. The molecule has 20 heavy (non-hydrogen) atoms. The minimum Gasteiger partial charge on any atom is -0.479 e. The average molecular weight is 300 g/mol. The van der Waals surface area contributed by atoms with Crippen LogP contribution in [0.1, 0.15) is 19.4 Å². The lowest BCUT2D eigenvalue weighted by atomic mass is 9.83. The molecule has 1 aromatic rings. The zero-order chi connectivity index (χ0) is 15.3. The maximum Gasteiger partial charge on any atom is 0.334 e. The van der Waals surface area contributed by atoms with E-state index in [9.17, 15) is 9.59 Å². The van der Waals surface area contributed by atoms with Gasteiger partial charge in [-0.05, 0) is 31.5 Å². The molecule has 2 N–H and O–H groups in total. The van der Waals surface area contributed by atoms with Crippen LogP contribution in [0.3, 0.4) is 0 Å². The number of aliphatic carboxylic acids is 1. The standard InChI is InChI=1S/C14H18ClNO4/c1-14(2,9-5-4-6-10(15)7-9)13(19)16-8-11(20-3)12(17)18/h4-7,11H,8H2,1-3H3,(H,16,19)(H,17,18). The number of ether oxygens (including phenoxy) is 1. The van der Waals surface area contributed by atoms with Gasteiger partial charge in [0.1, 0.15) is 0 Å². The maximum atomic E-state index is 12.2. The third-order valence-corrected chi connectivity index (χ3v) is 3.36. The highest BCUT2D eigenvalue weighted by Crippen LogP contribution is 2.25. The summed E-state index contributed by atoms with van der Waals surface area (Å²) in [5.41, 5.74) is -0.0615. The van der Waals surface area contributed by atoms with Gasteiger partial charge in [-0.3, -0.25) is 4.79 Å². The predicted octanol–water partition coefficient (Wildman–Crippen LogP) is 1.83. The number of hydrogen-bond acceptors (Lipinski definition) is 3. The molecule has 0 saturated heterocycles. The van der Waals surface area contributed by atoms with E-state index in [4.69, 9.17) is 21.4 Å². The number of carboxylic acids is 1. The summed E-state index contributed by atoms with van der Waals surface area (Å²) in [6, 6.07) is 7.01. The fourth-order valence-electron chi connectivity index (χ4n) is 1.69. The van der Waals surface area contributed by atoms with Crippen LogP contribution in [0.5, 0.6) is 0 Å². The number of hydrogen-bond donors (Lipinski definition) is 2. The third kappa shape index (κ3) is 3.95. The number of rotatable bonds is 6. The van der Waals surface area contributed by atoms with Crippen molar-refractivity contribution in [2.24, 2.45) is 0 Å². The number of nitrogens with one attached hydrogen (secondary N) is 1. The normalized spacial score (nSPS) is 12.8. The lowest BCUT2D eigenvalue weighted by Gasteiger charge is -2.25. The summed E-state index contributed by atoms with van der Waals surface area (Å²) in [6.07, 6.45) is -1.06. The molecule has 0 aliphatic rings. The molecule has 5 nitrogen and oxygen atoms in total. The van der Waals surface area contributed by atoms with Crippen molar-refractivity contribution in [3.8, 4) is 0 Å². The van der Waals surface area contributed by atoms with Gasteiger partial charge >= 0.3 is 5.97 Å². The smallest absolute Gasteiger partial charge is 0.334 e. The van der Waals surface area contributed by atoms with Gasteiger partial charge in [-0.15, -0.1) is 0 Å². The van der Waals surface area contributed by atoms with Crippen LogP contribution in [-0.2, 0) is 19.7 Å². The summed E-state index contributed by atoms with van der Waals surface area (Å²) in [6.45, 7) is 3.40.